The fourth-order valence-electron chi connectivity index (χ4n) is 1.63. The monoisotopic (exact) mass is 311 g/mol. The van der Waals surface area contributed by atoms with Crippen LogP contribution in [-0.4, -0.2) is 27.5 Å². The number of hydrazone groups is 1. The van der Waals surface area contributed by atoms with Gasteiger partial charge in [0.25, 0.3) is 11.8 Å². The van der Waals surface area contributed by atoms with E-state index in [-0.39, 0.29) is 11.5 Å². The van der Waals surface area contributed by atoms with Gasteiger partial charge in [0.05, 0.1) is 6.33 Å². The molecule has 0 saturated heterocycles. The summed E-state index contributed by atoms with van der Waals surface area (Å²) in [5.74, 6) is -1.42. The smallest absolute Gasteiger partial charge is 0.287 e. The van der Waals surface area contributed by atoms with Crippen LogP contribution in [0.2, 0.25) is 0 Å². The Labute approximate surface area is 131 Å². The molecule has 0 radical (unpaired) electrons. The minimum Gasteiger partial charge on any atom is -0.364 e. The van der Waals surface area contributed by atoms with Crippen LogP contribution in [0.5, 0.6) is 0 Å². The number of anilines is 2. The molecule has 0 aliphatic heterocycles. The predicted octanol–water partition coefficient (Wildman–Crippen LogP) is 0.747. The number of hydrogen-bond acceptors (Lipinski definition) is 6. The van der Waals surface area contributed by atoms with Crippen molar-refractivity contribution in [2.75, 3.05) is 10.7 Å². The van der Waals surface area contributed by atoms with Crippen LogP contribution in [0.25, 0.3) is 0 Å². The van der Waals surface area contributed by atoms with Crippen molar-refractivity contribution in [3.8, 4) is 6.07 Å². The van der Waals surface area contributed by atoms with E-state index in [2.05, 4.69) is 25.8 Å². The summed E-state index contributed by atoms with van der Waals surface area (Å²) in [6.07, 6.45) is 1.23. The molecule has 23 heavy (non-hydrogen) atoms. The lowest BCUT2D eigenvalue weighted by Gasteiger charge is -2.04. The van der Waals surface area contributed by atoms with Crippen molar-refractivity contribution in [1.29, 1.82) is 5.26 Å². The molecule has 5 N–H and O–H groups in total. The van der Waals surface area contributed by atoms with E-state index in [1.54, 1.807) is 18.2 Å². The van der Waals surface area contributed by atoms with Crippen molar-refractivity contribution in [3.05, 3.63) is 41.9 Å². The van der Waals surface area contributed by atoms with Crippen molar-refractivity contribution < 1.29 is 9.59 Å². The number of aromatic nitrogens is 2. The number of aryl methyl sites for hydroxylation is 1. The first-order valence-corrected chi connectivity index (χ1v) is 6.46. The Balaban J connectivity index is 2.10. The van der Waals surface area contributed by atoms with E-state index in [0.717, 1.165) is 5.56 Å². The van der Waals surface area contributed by atoms with E-state index in [9.17, 15) is 9.59 Å². The van der Waals surface area contributed by atoms with Gasteiger partial charge in [-0.25, -0.2) is 4.98 Å². The number of imidazole rings is 1. The average Bonchev–Trinajstić information content (AvgIpc) is 2.99. The summed E-state index contributed by atoms with van der Waals surface area (Å²) in [5, 5.41) is 15.2. The van der Waals surface area contributed by atoms with Gasteiger partial charge in [-0.1, -0.05) is 17.7 Å². The number of H-pyrrole nitrogens is 1. The summed E-state index contributed by atoms with van der Waals surface area (Å²) in [6.45, 7) is 1.91. The number of nitrogens with two attached hydrogens (primary N) is 1. The van der Waals surface area contributed by atoms with Gasteiger partial charge in [-0.15, -0.1) is 0 Å². The molecule has 0 aliphatic carbocycles. The van der Waals surface area contributed by atoms with Gasteiger partial charge in [-0.2, -0.15) is 10.4 Å². The maximum Gasteiger partial charge on any atom is 0.287 e. The van der Waals surface area contributed by atoms with E-state index >= 15 is 0 Å². The zero-order valence-electron chi connectivity index (χ0n) is 12.1. The predicted molar refractivity (Wildman–Crippen MR) is 83.6 cm³/mol. The van der Waals surface area contributed by atoms with Crippen LogP contribution in [0, 0.1) is 18.3 Å². The number of rotatable bonds is 5. The van der Waals surface area contributed by atoms with Crippen molar-refractivity contribution >= 4 is 29.0 Å². The first-order chi connectivity index (χ1) is 11.0. The number of amides is 2. The lowest BCUT2D eigenvalue weighted by molar-refractivity contribution is -0.110. The second-order valence-electron chi connectivity index (χ2n) is 4.49. The molecule has 0 fully saturated rings. The van der Waals surface area contributed by atoms with Gasteiger partial charge >= 0.3 is 0 Å². The van der Waals surface area contributed by atoms with E-state index in [0.29, 0.717) is 5.69 Å². The Hall–Kier alpha value is -3.67. The third kappa shape index (κ3) is 3.92. The molecule has 0 spiro atoms. The largest absolute Gasteiger partial charge is 0.364 e. The average molecular weight is 311 g/mol. The van der Waals surface area contributed by atoms with Gasteiger partial charge in [0.2, 0.25) is 5.71 Å². The fourth-order valence-corrected chi connectivity index (χ4v) is 1.63. The van der Waals surface area contributed by atoms with Gasteiger partial charge < -0.3 is 16.0 Å². The normalized spacial score (nSPS) is 10.7. The number of nitrogens with one attached hydrogen (secondary N) is 3. The molecule has 0 atom stereocenters. The number of benzene rings is 1. The quantitative estimate of drug-likeness (QED) is 0.474. The number of hydrogen-bond donors (Lipinski definition) is 4. The molecular formula is C14H13N7O2. The minimum absolute atomic E-state index is 0.00928. The number of aromatic amines is 1. The Kier molecular flexibility index (Phi) is 4.69. The second-order valence-corrected chi connectivity index (χ2v) is 4.49. The maximum absolute atomic E-state index is 12.0. The third-order valence-electron chi connectivity index (χ3n) is 2.79. The molecule has 0 saturated carbocycles. The molecule has 2 rings (SSSR count). The van der Waals surface area contributed by atoms with Crippen LogP contribution in [0.15, 0.2) is 35.7 Å². The summed E-state index contributed by atoms with van der Waals surface area (Å²) in [4.78, 5) is 29.4. The standard InChI is InChI=1S/C14H13N7O2/c1-8-2-4-9(5-3-8)19-14(23)10(6-15)20-21-13-11(12(16)22)17-7-18-13/h2-5,7,21H,1H3,(H2,16,22)(H,17,18)(H,19,23)/b20-10+. The summed E-state index contributed by atoms with van der Waals surface area (Å²) in [7, 11) is 0. The maximum atomic E-state index is 12.0. The van der Waals surface area contributed by atoms with Gasteiger partial charge in [-0.3, -0.25) is 15.0 Å². The molecule has 0 aliphatic rings. The zero-order chi connectivity index (χ0) is 16.8. The fraction of sp³-hybridized carbons (Fsp3) is 0.0714. The van der Waals surface area contributed by atoms with E-state index < -0.39 is 17.5 Å². The molecule has 1 aromatic heterocycles. The lowest BCUT2D eigenvalue weighted by atomic mass is 10.2. The third-order valence-corrected chi connectivity index (χ3v) is 2.79. The highest BCUT2D eigenvalue weighted by Crippen LogP contribution is 2.10. The van der Waals surface area contributed by atoms with Crippen molar-refractivity contribution in [2.45, 2.75) is 6.92 Å². The minimum atomic E-state index is -0.747. The Bertz CT molecular complexity index is 799. The summed E-state index contributed by atoms with van der Waals surface area (Å²) in [6, 6.07) is 8.71. The van der Waals surface area contributed by atoms with Crippen LogP contribution in [0.1, 0.15) is 16.1 Å². The van der Waals surface area contributed by atoms with Crippen LogP contribution in [-0.2, 0) is 4.79 Å². The number of nitrogens with zero attached hydrogens (tertiary/aromatic N) is 3. The van der Waals surface area contributed by atoms with Gasteiger partial charge in [-0.05, 0) is 19.1 Å². The van der Waals surface area contributed by atoms with Crippen molar-refractivity contribution in [3.63, 3.8) is 0 Å². The van der Waals surface area contributed by atoms with E-state index in [1.807, 2.05) is 19.1 Å². The Morgan fingerprint density at radius 2 is 2.04 bits per heavy atom. The van der Waals surface area contributed by atoms with Gasteiger partial charge in [0.1, 0.15) is 11.8 Å². The highest BCUT2D eigenvalue weighted by molar-refractivity contribution is 6.48. The van der Waals surface area contributed by atoms with Crippen LogP contribution in [0.3, 0.4) is 0 Å². The van der Waals surface area contributed by atoms with E-state index in [1.165, 1.54) is 6.33 Å². The molecule has 1 aromatic carbocycles. The molecule has 9 nitrogen and oxygen atoms in total. The summed E-state index contributed by atoms with van der Waals surface area (Å²) < 4.78 is 0. The first kappa shape index (κ1) is 15.7. The lowest BCUT2D eigenvalue weighted by Crippen LogP contribution is -2.23. The van der Waals surface area contributed by atoms with Gasteiger partial charge in [0.15, 0.2) is 5.82 Å². The molecule has 0 unspecified atom stereocenters. The molecular weight excluding hydrogens is 298 g/mol. The Morgan fingerprint density at radius 1 is 1.35 bits per heavy atom. The topological polar surface area (TPSA) is 149 Å². The Morgan fingerprint density at radius 3 is 2.65 bits per heavy atom. The number of carbonyl (C=O) groups is 2. The van der Waals surface area contributed by atoms with Crippen molar-refractivity contribution in [2.24, 2.45) is 10.8 Å². The highest BCUT2D eigenvalue weighted by Gasteiger charge is 2.14. The molecule has 1 heterocycles. The second kappa shape index (κ2) is 6.86. The molecule has 116 valence electrons. The number of carbonyl (C=O) groups excluding carboxylic acids is 2. The van der Waals surface area contributed by atoms with Crippen molar-refractivity contribution in [1.82, 2.24) is 9.97 Å². The zero-order valence-corrected chi connectivity index (χ0v) is 12.1. The molecule has 2 aromatic rings. The summed E-state index contributed by atoms with van der Waals surface area (Å²) >= 11 is 0. The van der Waals surface area contributed by atoms with Crippen LogP contribution < -0.4 is 16.5 Å². The molecule has 2 amide bonds. The van der Waals surface area contributed by atoms with Crippen LogP contribution in [0.4, 0.5) is 11.5 Å². The van der Waals surface area contributed by atoms with Gasteiger partial charge in [0, 0.05) is 5.69 Å². The molecule has 9 heteroatoms. The first-order valence-electron chi connectivity index (χ1n) is 6.46. The molecule has 0 bridgehead atoms. The van der Waals surface area contributed by atoms with Crippen LogP contribution >= 0.6 is 0 Å². The number of primary amides is 1. The number of nitriles is 1. The van der Waals surface area contributed by atoms with E-state index in [4.69, 9.17) is 11.0 Å². The SMILES string of the molecule is Cc1ccc(NC(=O)/C(C#N)=N/Nc2nc[nH]c2C(N)=O)cc1. The summed E-state index contributed by atoms with van der Waals surface area (Å²) in [5.41, 5.74) is 8.62. The highest BCUT2D eigenvalue weighted by atomic mass is 16.2.